The van der Waals surface area contributed by atoms with E-state index in [1.807, 2.05) is 12.4 Å². The lowest BCUT2D eigenvalue weighted by atomic mass is 9.92. The molecule has 1 aliphatic rings. The Labute approximate surface area is 109 Å². The first-order valence-corrected chi connectivity index (χ1v) is 6.92. The number of rotatable bonds is 4. The lowest BCUT2D eigenvalue weighted by Gasteiger charge is -2.33. The van der Waals surface area contributed by atoms with Crippen LogP contribution in [0.2, 0.25) is 0 Å². The molecule has 0 aliphatic heterocycles. The van der Waals surface area contributed by atoms with E-state index >= 15 is 0 Å². The fourth-order valence-corrected chi connectivity index (χ4v) is 2.56. The van der Waals surface area contributed by atoms with Crippen LogP contribution in [0.4, 0.5) is 5.95 Å². The molecule has 1 N–H and O–H groups in total. The molecule has 2 rings (SSSR count). The number of aliphatic hydroxyl groups excluding tert-OH is 1. The van der Waals surface area contributed by atoms with Crippen molar-refractivity contribution in [2.24, 2.45) is 0 Å². The van der Waals surface area contributed by atoms with Gasteiger partial charge in [0.25, 0.3) is 0 Å². The van der Waals surface area contributed by atoms with Crippen molar-refractivity contribution < 1.29 is 5.11 Å². The second-order valence-corrected chi connectivity index (χ2v) is 5.21. The molecule has 0 radical (unpaired) electrons. The maximum atomic E-state index is 9.52. The highest BCUT2D eigenvalue weighted by molar-refractivity contribution is 5.30. The van der Waals surface area contributed by atoms with Gasteiger partial charge >= 0.3 is 0 Å². The maximum absolute atomic E-state index is 9.52. The second kappa shape index (κ2) is 6.14. The molecular formula is C14H23N3O. The van der Waals surface area contributed by atoms with Gasteiger partial charge in [0, 0.05) is 25.5 Å². The number of nitrogens with zero attached hydrogens (tertiary/aromatic N) is 3. The normalized spacial score (nSPS) is 23.9. The van der Waals surface area contributed by atoms with E-state index in [0.717, 1.165) is 44.5 Å². The van der Waals surface area contributed by atoms with E-state index in [9.17, 15) is 5.11 Å². The highest BCUT2D eigenvalue weighted by Crippen LogP contribution is 2.24. The minimum absolute atomic E-state index is 0.109. The smallest absolute Gasteiger partial charge is 0.225 e. The van der Waals surface area contributed by atoms with Crippen LogP contribution in [-0.4, -0.2) is 34.3 Å². The van der Waals surface area contributed by atoms with Gasteiger partial charge in [-0.15, -0.1) is 0 Å². The zero-order valence-electron chi connectivity index (χ0n) is 11.3. The molecule has 18 heavy (non-hydrogen) atoms. The fraction of sp³-hybridized carbons (Fsp3) is 0.714. The van der Waals surface area contributed by atoms with Gasteiger partial charge in [0.2, 0.25) is 5.95 Å². The van der Waals surface area contributed by atoms with Crippen LogP contribution in [0.15, 0.2) is 12.4 Å². The summed E-state index contributed by atoms with van der Waals surface area (Å²) < 4.78 is 0. The van der Waals surface area contributed by atoms with E-state index in [2.05, 4.69) is 28.8 Å². The summed E-state index contributed by atoms with van der Waals surface area (Å²) in [5, 5.41) is 9.52. The molecular weight excluding hydrogens is 226 g/mol. The second-order valence-electron chi connectivity index (χ2n) is 5.21. The third-order valence-electron chi connectivity index (χ3n) is 3.76. The summed E-state index contributed by atoms with van der Waals surface area (Å²) in [6.45, 7) is 2.16. The van der Waals surface area contributed by atoms with Crippen molar-refractivity contribution in [2.75, 3.05) is 11.9 Å². The Balaban J connectivity index is 1.97. The molecule has 1 aromatic heterocycles. The van der Waals surface area contributed by atoms with E-state index in [0.29, 0.717) is 6.04 Å². The average molecular weight is 249 g/mol. The highest BCUT2D eigenvalue weighted by Gasteiger charge is 2.23. The molecule has 4 nitrogen and oxygen atoms in total. The van der Waals surface area contributed by atoms with Gasteiger partial charge < -0.3 is 10.0 Å². The Hall–Kier alpha value is -1.16. The van der Waals surface area contributed by atoms with Gasteiger partial charge in [0.05, 0.1) is 6.10 Å². The number of hydrogen-bond acceptors (Lipinski definition) is 4. The zero-order chi connectivity index (χ0) is 13.0. The van der Waals surface area contributed by atoms with Crippen LogP contribution >= 0.6 is 0 Å². The topological polar surface area (TPSA) is 49.2 Å². The Morgan fingerprint density at radius 1 is 1.22 bits per heavy atom. The Morgan fingerprint density at radius 2 is 1.83 bits per heavy atom. The van der Waals surface area contributed by atoms with Crippen molar-refractivity contribution in [1.29, 1.82) is 0 Å². The molecule has 0 spiro atoms. The fourth-order valence-electron chi connectivity index (χ4n) is 2.56. The summed E-state index contributed by atoms with van der Waals surface area (Å²) in [6, 6.07) is 0.463. The van der Waals surface area contributed by atoms with Crippen molar-refractivity contribution in [3.8, 4) is 0 Å². The number of aliphatic hydroxyl groups is 1. The molecule has 0 saturated heterocycles. The van der Waals surface area contributed by atoms with Crippen molar-refractivity contribution in [1.82, 2.24) is 9.97 Å². The summed E-state index contributed by atoms with van der Waals surface area (Å²) in [4.78, 5) is 11.0. The minimum Gasteiger partial charge on any atom is -0.393 e. The summed E-state index contributed by atoms with van der Waals surface area (Å²) >= 11 is 0. The molecule has 0 unspecified atom stereocenters. The third-order valence-corrected chi connectivity index (χ3v) is 3.76. The first-order chi connectivity index (χ1) is 8.70. The summed E-state index contributed by atoms with van der Waals surface area (Å²) in [5.41, 5.74) is 1.20. The predicted molar refractivity (Wildman–Crippen MR) is 72.7 cm³/mol. The SMILES string of the molecule is CCCc1cnc(N(C)C2CCC(O)CC2)nc1. The Morgan fingerprint density at radius 3 is 2.39 bits per heavy atom. The van der Waals surface area contributed by atoms with Gasteiger partial charge in [-0.1, -0.05) is 13.3 Å². The van der Waals surface area contributed by atoms with Crippen LogP contribution < -0.4 is 4.90 Å². The van der Waals surface area contributed by atoms with Crippen LogP contribution in [-0.2, 0) is 6.42 Å². The van der Waals surface area contributed by atoms with E-state index < -0.39 is 0 Å². The maximum Gasteiger partial charge on any atom is 0.225 e. The number of aryl methyl sites for hydroxylation is 1. The molecule has 0 amide bonds. The third kappa shape index (κ3) is 3.19. The summed E-state index contributed by atoms with van der Waals surface area (Å²) in [7, 11) is 2.05. The van der Waals surface area contributed by atoms with Gasteiger partial charge in [-0.2, -0.15) is 0 Å². The zero-order valence-corrected chi connectivity index (χ0v) is 11.3. The van der Waals surface area contributed by atoms with Crippen LogP contribution in [0.25, 0.3) is 0 Å². The quantitative estimate of drug-likeness (QED) is 0.888. The van der Waals surface area contributed by atoms with Gasteiger partial charge in [0.15, 0.2) is 0 Å². The minimum atomic E-state index is -0.109. The van der Waals surface area contributed by atoms with E-state index in [1.165, 1.54) is 5.56 Å². The van der Waals surface area contributed by atoms with Gasteiger partial charge in [-0.3, -0.25) is 0 Å². The Kier molecular flexibility index (Phi) is 4.53. The van der Waals surface area contributed by atoms with E-state index in [1.54, 1.807) is 0 Å². The van der Waals surface area contributed by atoms with Crippen LogP contribution in [0.1, 0.15) is 44.6 Å². The van der Waals surface area contributed by atoms with Crippen LogP contribution in [0, 0.1) is 0 Å². The molecule has 4 heteroatoms. The molecule has 0 bridgehead atoms. The molecule has 1 heterocycles. The predicted octanol–water partition coefficient (Wildman–Crippen LogP) is 2.17. The summed E-state index contributed by atoms with van der Waals surface area (Å²) in [6.07, 6.45) is 9.75. The average Bonchev–Trinajstić information content (AvgIpc) is 2.40. The van der Waals surface area contributed by atoms with E-state index in [-0.39, 0.29) is 6.10 Å². The highest BCUT2D eigenvalue weighted by atomic mass is 16.3. The van der Waals surface area contributed by atoms with Gasteiger partial charge in [-0.25, -0.2) is 9.97 Å². The first-order valence-electron chi connectivity index (χ1n) is 6.92. The number of hydrogen-bond donors (Lipinski definition) is 1. The van der Waals surface area contributed by atoms with Crippen molar-refractivity contribution >= 4 is 5.95 Å². The number of anilines is 1. The molecule has 100 valence electrons. The van der Waals surface area contributed by atoms with Gasteiger partial charge in [-0.05, 0) is 37.7 Å². The van der Waals surface area contributed by atoms with Crippen molar-refractivity contribution in [3.05, 3.63) is 18.0 Å². The lowest BCUT2D eigenvalue weighted by molar-refractivity contribution is 0.122. The van der Waals surface area contributed by atoms with Crippen molar-refractivity contribution in [2.45, 2.75) is 57.6 Å². The van der Waals surface area contributed by atoms with Crippen molar-refractivity contribution in [3.63, 3.8) is 0 Å². The monoisotopic (exact) mass is 249 g/mol. The molecule has 1 aromatic rings. The number of aromatic nitrogens is 2. The first kappa shape index (κ1) is 13.3. The molecule has 1 saturated carbocycles. The summed E-state index contributed by atoms with van der Waals surface area (Å²) in [5.74, 6) is 0.802. The van der Waals surface area contributed by atoms with E-state index in [4.69, 9.17) is 0 Å². The largest absolute Gasteiger partial charge is 0.393 e. The van der Waals surface area contributed by atoms with Crippen LogP contribution in [0.3, 0.4) is 0 Å². The lowest BCUT2D eigenvalue weighted by Crippen LogP contribution is -2.37. The standard InChI is InChI=1S/C14H23N3O/c1-3-4-11-9-15-14(16-10-11)17(2)12-5-7-13(18)8-6-12/h9-10,12-13,18H,3-8H2,1-2H3. The molecule has 1 aliphatic carbocycles. The Bertz CT molecular complexity index is 358. The van der Waals surface area contributed by atoms with Gasteiger partial charge in [0.1, 0.15) is 0 Å². The molecule has 0 aromatic carbocycles. The molecule has 0 atom stereocenters. The molecule has 1 fully saturated rings. The van der Waals surface area contributed by atoms with Crippen LogP contribution in [0.5, 0.6) is 0 Å².